The highest BCUT2D eigenvalue weighted by Crippen LogP contribution is 2.27. The highest BCUT2D eigenvalue weighted by Gasteiger charge is 2.11. The molecule has 0 fully saturated rings. The van der Waals surface area contributed by atoms with Crippen LogP contribution in [0.25, 0.3) is 11.4 Å². The van der Waals surface area contributed by atoms with E-state index >= 15 is 0 Å². The zero-order chi connectivity index (χ0) is 13.3. The van der Waals surface area contributed by atoms with E-state index in [1.54, 1.807) is 12.1 Å². The van der Waals surface area contributed by atoms with Gasteiger partial charge in [0.05, 0.1) is 16.4 Å². The van der Waals surface area contributed by atoms with Gasteiger partial charge in [0.25, 0.3) is 0 Å². The Hall–Kier alpha value is -0.950. The van der Waals surface area contributed by atoms with Crippen LogP contribution in [0.5, 0.6) is 5.75 Å². The number of halogens is 3. The SMILES string of the molecule is COc1cc(-c2nc(C)c(I)c(Cl)n2)ccc1F. The standard InChI is InChI=1S/C12H9ClFIN2O/c1-6-10(15)11(13)17-12(16-6)7-3-4-8(14)9(5-7)18-2/h3-5H,1-2H3. The van der Waals surface area contributed by atoms with Crippen LogP contribution in [0.15, 0.2) is 18.2 Å². The van der Waals surface area contributed by atoms with E-state index in [-0.39, 0.29) is 5.75 Å². The molecule has 3 nitrogen and oxygen atoms in total. The van der Waals surface area contributed by atoms with Crippen LogP contribution in [-0.2, 0) is 0 Å². The number of benzene rings is 1. The second-order valence-electron chi connectivity index (χ2n) is 3.59. The van der Waals surface area contributed by atoms with Crippen molar-refractivity contribution in [1.82, 2.24) is 9.97 Å². The second kappa shape index (κ2) is 5.36. The van der Waals surface area contributed by atoms with Gasteiger partial charge in [-0.25, -0.2) is 14.4 Å². The van der Waals surface area contributed by atoms with Crippen LogP contribution in [0.1, 0.15) is 5.69 Å². The molecule has 0 radical (unpaired) electrons. The quantitative estimate of drug-likeness (QED) is 0.588. The first kappa shape index (κ1) is 13.5. The molecular weight excluding hydrogens is 370 g/mol. The molecule has 1 aromatic carbocycles. The van der Waals surface area contributed by atoms with Gasteiger partial charge in [0, 0.05) is 5.56 Å². The topological polar surface area (TPSA) is 35.0 Å². The molecule has 0 saturated heterocycles. The molecule has 0 aliphatic carbocycles. The minimum Gasteiger partial charge on any atom is -0.494 e. The van der Waals surface area contributed by atoms with E-state index in [4.69, 9.17) is 16.3 Å². The summed E-state index contributed by atoms with van der Waals surface area (Å²) in [6, 6.07) is 4.46. The van der Waals surface area contributed by atoms with Crippen LogP contribution < -0.4 is 4.74 Å². The third-order valence-electron chi connectivity index (χ3n) is 2.39. The number of hydrogen-bond acceptors (Lipinski definition) is 3. The van der Waals surface area contributed by atoms with E-state index in [9.17, 15) is 4.39 Å². The maximum Gasteiger partial charge on any atom is 0.165 e. The van der Waals surface area contributed by atoms with Crippen molar-refractivity contribution in [2.45, 2.75) is 6.92 Å². The molecule has 1 aromatic heterocycles. The zero-order valence-electron chi connectivity index (χ0n) is 9.67. The van der Waals surface area contributed by atoms with Crippen LogP contribution in [0, 0.1) is 16.3 Å². The molecule has 2 aromatic rings. The van der Waals surface area contributed by atoms with Gasteiger partial charge in [0.15, 0.2) is 17.4 Å². The lowest BCUT2D eigenvalue weighted by Gasteiger charge is -2.07. The van der Waals surface area contributed by atoms with Crippen LogP contribution in [0.2, 0.25) is 5.15 Å². The third-order valence-corrected chi connectivity index (χ3v) is 4.27. The lowest BCUT2D eigenvalue weighted by atomic mass is 10.2. The Morgan fingerprint density at radius 3 is 2.67 bits per heavy atom. The molecule has 18 heavy (non-hydrogen) atoms. The molecule has 0 bridgehead atoms. The Morgan fingerprint density at radius 2 is 2.06 bits per heavy atom. The molecule has 6 heteroatoms. The summed E-state index contributed by atoms with van der Waals surface area (Å²) in [7, 11) is 1.41. The Morgan fingerprint density at radius 1 is 1.33 bits per heavy atom. The van der Waals surface area contributed by atoms with Gasteiger partial charge in [-0.2, -0.15) is 0 Å². The molecule has 0 aliphatic rings. The first-order valence-electron chi connectivity index (χ1n) is 5.06. The normalized spacial score (nSPS) is 10.5. The van der Waals surface area contributed by atoms with Gasteiger partial charge in [0.1, 0.15) is 5.15 Å². The summed E-state index contributed by atoms with van der Waals surface area (Å²) < 4.78 is 19.1. The molecule has 0 unspecified atom stereocenters. The van der Waals surface area contributed by atoms with Crippen molar-refractivity contribution < 1.29 is 9.13 Å². The van der Waals surface area contributed by atoms with E-state index in [2.05, 4.69) is 32.6 Å². The summed E-state index contributed by atoms with van der Waals surface area (Å²) in [5.41, 5.74) is 1.45. The van der Waals surface area contributed by atoms with Gasteiger partial charge in [0.2, 0.25) is 0 Å². The molecule has 94 valence electrons. The number of rotatable bonds is 2. The fourth-order valence-corrected chi connectivity index (χ4v) is 1.91. The van der Waals surface area contributed by atoms with Crippen molar-refractivity contribution in [3.63, 3.8) is 0 Å². The second-order valence-corrected chi connectivity index (χ2v) is 5.02. The average molecular weight is 379 g/mol. The highest BCUT2D eigenvalue weighted by molar-refractivity contribution is 14.1. The number of nitrogens with zero attached hydrogens (tertiary/aromatic N) is 2. The summed E-state index contributed by atoms with van der Waals surface area (Å²) >= 11 is 8.09. The fourth-order valence-electron chi connectivity index (χ4n) is 1.45. The van der Waals surface area contributed by atoms with Crippen molar-refractivity contribution in [3.8, 4) is 17.1 Å². The number of hydrogen-bond donors (Lipinski definition) is 0. The van der Waals surface area contributed by atoms with E-state index in [0.717, 1.165) is 9.26 Å². The van der Waals surface area contributed by atoms with Gasteiger partial charge in [-0.3, -0.25) is 0 Å². The number of methoxy groups -OCH3 is 1. The van der Waals surface area contributed by atoms with Crippen molar-refractivity contribution in [2.75, 3.05) is 7.11 Å². The van der Waals surface area contributed by atoms with Gasteiger partial charge >= 0.3 is 0 Å². The van der Waals surface area contributed by atoms with Crippen molar-refractivity contribution in [1.29, 1.82) is 0 Å². The summed E-state index contributed by atoms with van der Waals surface area (Å²) in [4.78, 5) is 8.51. The minimum absolute atomic E-state index is 0.156. The first-order chi connectivity index (χ1) is 8.52. The lowest BCUT2D eigenvalue weighted by Crippen LogP contribution is -1.97. The van der Waals surface area contributed by atoms with Crippen LogP contribution in [0.4, 0.5) is 4.39 Å². The van der Waals surface area contributed by atoms with Gasteiger partial charge in [-0.15, -0.1) is 0 Å². The predicted octanol–water partition coefficient (Wildman–Crippen LogP) is 3.86. The summed E-state index contributed by atoms with van der Waals surface area (Å²) in [6.07, 6.45) is 0. The van der Waals surface area contributed by atoms with Crippen LogP contribution >= 0.6 is 34.2 Å². The Kier molecular flexibility index (Phi) is 4.01. The highest BCUT2D eigenvalue weighted by atomic mass is 127. The molecule has 0 aliphatic heterocycles. The van der Waals surface area contributed by atoms with E-state index in [1.807, 2.05) is 6.92 Å². The van der Waals surface area contributed by atoms with Crippen molar-refractivity contribution in [2.24, 2.45) is 0 Å². The summed E-state index contributed by atoms with van der Waals surface area (Å²) in [5.74, 6) is 0.189. The number of aromatic nitrogens is 2. The fraction of sp³-hybridized carbons (Fsp3) is 0.167. The average Bonchev–Trinajstić information content (AvgIpc) is 2.36. The Labute approximate surface area is 123 Å². The monoisotopic (exact) mass is 378 g/mol. The summed E-state index contributed by atoms with van der Waals surface area (Å²) in [6.45, 7) is 1.85. The van der Waals surface area contributed by atoms with Gasteiger partial charge in [-0.05, 0) is 47.7 Å². The molecule has 0 N–H and O–H groups in total. The van der Waals surface area contributed by atoms with Crippen LogP contribution in [0.3, 0.4) is 0 Å². The van der Waals surface area contributed by atoms with E-state index in [1.165, 1.54) is 13.2 Å². The molecular formula is C12H9ClFIN2O. The van der Waals surface area contributed by atoms with E-state index in [0.29, 0.717) is 16.5 Å². The molecule has 0 saturated carbocycles. The maximum absolute atomic E-state index is 13.3. The lowest BCUT2D eigenvalue weighted by molar-refractivity contribution is 0.387. The van der Waals surface area contributed by atoms with Crippen molar-refractivity contribution >= 4 is 34.2 Å². The maximum atomic E-state index is 13.3. The van der Waals surface area contributed by atoms with Gasteiger partial charge in [-0.1, -0.05) is 11.6 Å². The predicted molar refractivity (Wildman–Crippen MR) is 76.4 cm³/mol. The molecule has 0 atom stereocenters. The number of aryl methyl sites for hydroxylation is 1. The first-order valence-corrected chi connectivity index (χ1v) is 6.52. The Bertz CT molecular complexity index is 584. The summed E-state index contributed by atoms with van der Waals surface area (Å²) in [5, 5.41) is 0.390. The molecule has 0 amide bonds. The largest absolute Gasteiger partial charge is 0.494 e. The van der Waals surface area contributed by atoms with Crippen LogP contribution in [-0.4, -0.2) is 17.1 Å². The number of ether oxygens (including phenoxy) is 1. The van der Waals surface area contributed by atoms with Gasteiger partial charge < -0.3 is 4.74 Å². The smallest absolute Gasteiger partial charge is 0.165 e. The van der Waals surface area contributed by atoms with Crippen molar-refractivity contribution in [3.05, 3.63) is 38.4 Å². The molecule has 2 rings (SSSR count). The van der Waals surface area contributed by atoms with E-state index < -0.39 is 5.82 Å². The third kappa shape index (κ3) is 2.56. The minimum atomic E-state index is -0.422. The molecule has 0 spiro atoms. The molecule has 1 heterocycles. The Balaban J connectivity index is 2.55. The zero-order valence-corrected chi connectivity index (χ0v) is 12.6.